The van der Waals surface area contributed by atoms with Gasteiger partial charge in [0.25, 0.3) is 17.4 Å². The lowest BCUT2D eigenvalue weighted by molar-refractivity contribution is -0.0437. The van der Waals surface area contributed by atoms with Crippen LogP contribution in [0.5, 0.6) is 5.75 Å². The van der Waals surface area contributed by atoms with E-state index in [-0.39, 0.29) is 40.8 Å². The Hall–Kier alpha value is -3.40. The van der Waals surface area contributed by atoms with Crippen LogP contribution in [0, 0.1) is 18.7 Å². The van der Waals surface area contributed by atoms with Crippen LogP contribution in [0.3, 0.4) is 0 Å². The number of carbonyl (C=O) groups is 1. The molecule has 1 saturated carbocycles. The average Bonchev–Trinajstić information content (AvgIpc) is 3.60. The molecule has 1 saturated heterocycles. The highest BCUT2D eigenvalue weighted by Gasteiger charge is 2.38. The highest BCUT2D eigenvalue weighted by molar-refractivity contribution is 5.92. The van der Waals surface area contributed by atoms with Crippen LogP contribution in [0.15, 0.2) is 29.1 Å². The van der Waals surface area contributed by atoms with E-state index in [1.54, 1.807) is 19.1 Å². The van der Waals surface area contributed by atoms with Crippen molar-refractivity contribution in [1.82, 2.24) is 25.2 Å². The zero-order valence-corrected chi connectivity index (χ0v) is 18.2. The molecule has 3 heterocycles. The van der Waals surface area contributed by atoms with Crippen LogP contribution in [0.4, 0.5) is 8.78 Å². The molecular weight excluding hydrogens is 432 g/mol. The van der Waals surface area contributed by atoms with Gasteiger partial charge in [-0.1, -0.05) is 6.07 Å². The third-order valence-electron chi connectivity index (χ3n) is 6.20. The number of likely N-dealkylation sites (tertiary alicyclic amines) is 1. The van der Waals surface area contributed by atoms with E-state index in [2.05, 4.69) is 20.3 Å². The van der Waals surface area contributed by atoms with Crippen molar-refractivity contribution in [2.45, 2.75) is 51.4 Å². The lowest BCUT2D eigenvalue weighted by Crippen LogP contribution is -2.60. The predicted octanol–water partition coefficient (Wildman–Crippen LogP) is 2.45. The highest BCUT2D eigenvalue weighted by Crippen LogP contribution is 2.28. The normalized spacial score (nSPS) is 20.5. The maximum absolute atomic E-state index is 15.0. The maximum Gasteiger partial charge on any atom is 0.270 e. The number of benzene rings is 1. The van der Waals surface area contributed by atoms with Crippen LogP contribution in [-0.2, 0) is 6.54 Å². The number of aromatic nitrogens is 3. The first kappa shape index (κ1) is 21.4. The molecule has 3 aromatic rings. The van der Waals surface area contributed by atoms with Crippen LogP contribution in [-0.4, -0.2) is 50.5 Å². The van der Waals surface area contributed by atoms with E-state index in [1.807, 2.05) is 11.8 Å². The predicted molar refractivity (Wildman–Crippen MR) is 116 cm³/mol. The molecule has 5 rings (SSSR count). The number of amides is 1. The van der Waals surface area contributed by atoms with E-state index in [0.717, 1.165) is 12.8 Å². The first-order valence-corrected chi connectivity index (χ1v) is 10.9. The Morgan fingerprint density at radius 2 is 2.03 bits per heavy atom. The third kappa shape index (κ3) is 4.18. The van der Waals surface area contributed by atoms with Gasteiger partial charge in [-0.2, -0.15) is 4.39 Å². The van der Waals surface area contributed by atoms with Crippen molar-refractivity contribution >= 4 is 16.9 Å². The number of ether oxygens (including phenoxy) is 1. The third-order valence-corrected chi connectivity index (χ3v) is 6.20. The number of rotatable bonds is 6. The molecule has 0 bridgehead atoms. The smallest absolute Gasteiger partial charge is 0.270 e. The molecule has 1 aliphatic heterocycles. The summed E-state index contributed by atoms with van der Waals surface area (Å²) in [5, 5.41) is 2.77. The Morgan fingerprint density at radius 3 is 2.73 bits per heavy atom. The van der Waals surface area contributed by atoms with Crippen molar-refractivity contribution in [2.24, 2.45) is 0 Å². The molecule has 33 heavy (non-hydrogen) atoms. The summed E-state index contributed by atoms with van der Waals surface area (Å²) in [4.78, 5) is 36.2. The average molecular weight is 455 g/mol. The van der Waals surface area contributed by atoms with E-state index in [4.69, 9.17) is 4.74 Å². The first-order chi connectivity index (χ1) is 15.8. The summed E-state index contributed by atoms with van der Waals surface area (Å²) in [7, 11) is 0. The van der Waals surface area contributed by atoms with Gasteiger partial charge in [-0.3, -0.25) is 14.5 Å². The number of aryl methyl sites for hydroxylation is 1. The van der Waals surface area contributed by atoms with Gasteiger partial charge in [-0.25, -0.2) is 14.4 Å². The van der Waals surface area contributed by atoms with E-state index in [9.17, 15) is 18.4 Å². The standard InChI is InChI=1S/C23H23F2N5O3/c1-11-22(31)29-20-15(26-11)6-3-13(19(20)24)9-30-10-18(12(30)2)33-17-8-7-16(28-21(17)25)23(32)27-14-4-5-14/h3,6-8,12,14,18H,4-5,9-10H2,1-2H3,(H,27,32)(H,29,31)/t12-,18-/m1/s1. The molecule has 10 heteroatoms. The molecule has 8 nitrogen and oxygen atoms in total. The van der Waals surface area contributed by atoms with Crippen LogP contribution in [0.2, 0.25) is 0 Å². The van der Waals surface area contributed by atoms with Crippen LogP contribution in [0.25, 0.3) is 11.0 Å². The molecule has 172 valence electrons. The van der Waals surface area contributed by atoms with Gasteiger partial charge < -0.3 is 15.0 Å². The van der Waals surface area contributed by atoms with Gasteiger partial charge in [-0.05, 0) is 44.9 Å². The molecular formula is C23H23F2N5O3. The number of halogens is 2. The Balaban J connectivity index is 1.23. The number of fused-ring (bicyclic) bond motifs is 1. The van der Waals surface area contributed by atoms with E-state index >= 15 is 0 Å². The molecule has 0 radical (unpaired) electrons. The van der Waals surface area contributed by atoms with Crippen molar-refractivity contribution in [1.29, 1.82) is 0 Å². The highest BCUT2D eigenvalue weighted by atomic mass is 19.1. The van der Waals surface area contributed by atoms with Crippen LogP contribution < -0.4 is 15.6 Å². The number of aromatic amines is 1. The Morgan fingerprint density at radius 1 is 1.24 bits per heavy atom. The summed E-state index contributed by atoms with van der Waals surface area (Å²) in [6, 6.07) is 6.24. The summed E-state index contributed by atoms with van der Waals surface area (Å²) >= 11 is 0. The molecule has 2 N–H and O–H groups in total. The molecule has 2 atom stereocenters. The molecule has 2 aromatic heterocycles. The molecule has 1 aromatic carbocycles. The maximum atomic E-state index is 15.0. The van der Waals surface area contributed by atoms with Crippen molar-refractivity contribution in [3.8, 4) is 5.75 Å². The minimum Gasteiger partial charge on any atom is -0.483 e. The fraction of sp³-hybridized carbons (Fsp3) is 0.391. The first-order valence-electron chi connectivity index (χ1n) is 10.9. The Bertz CT molecular complexity index is 1310. The van der Waals surface area contributed by atoms with Crippen LogP contribution >= 0.6 is 0 Å². The number of pyridine rings is 1. The fourth-order valence-corrected chi connectivity index (χ4v) is 3.87. The monoisotopic (exact) mass is 455 g/mol. The summed E-state index contributed by atoms with van der Waals surface area (Å²) < 4.78 is 35.1. The fourth-order valence-electron chi connectivity index (χ4n) is 3.87. The van der Waals surface area contributed by atoms with Crippen molar-refractivity contribution < 1.29 is 18.3 Å². The Labute approximate surface area is 188 Å². The summed E-state index contributed by atoms with van der Waals surface area (Å²) in [6.07, 6.45) is 1.56. The number of H-pyrrole nitrogens is 1. The molecule has 0 spiro atoms. The SMILES string of the molecule is Cc1nc2ccc(CN3C[C@@H](Oc4ccc(C(=O)NC5CC5)nc4F)[C@H]3C)c(F)c2[nH]c1=O. The lowest BCUT2D eigenvalue weighted by Gasteiger charge is -2.45. The van der Waals surface area contributed by atoms with Gasteiger partial charge in [0.05, 0.1) is 5.52 Å². The van der Waals surface area contributed by atoms with Crippen molar-refractivity contribution in [3.05, 3.63) is 63.3 Å². The summed E-state index contributed by atoms with van der Waals surface area (Å²) in [5.41, 5.74) is 0.782. The number of nitrogens with one attached hydrogen (secondary N) is 2. The zero-order valence-electron chi connectivity index (χ0n) is 18.2. The van der Waals surface area contributed by atoms with E-state index < -0.39 is 23.2 Å². The zero-order chi connectivity index (χ0) is 23.3. The van der Waals surface area contributed by atoms with Gasteiger partial charge in [0.15, 0.2) is 11.6 Å². The molecule has 0 unspecified atom stereocenters. The molecule has 1 amide bonds. The second kappa shape index (κ2) is 8.18. The summed E-state index contributed by atoms with van der Waals surface area (Å²) in [6.45, 7) is 4.24. The van der Waals surface area contributed by atoms with E-state index in [1.165, 1.54) is 12.1 Å². The van der Waals surface area contributed by atoms with Crippen LogP contribution in [0.1, 0.15) is 41.5 Å². The molecule has 2 fully saturated rings. The van der Waals surface area contributed by atoms with Gasteiger partial charge in [0, 0.05) is 30.7 Å². The lowest BCUT2D eigenvalue weighted by atomic mass is 9.99. The van der Waals surface area contributed by atoms with Crippen molar-refractivity contribution in [2.75, 3.05) is 6.54 Å². The molecule has 1 aliphatic carbocycles. The number of hydrogen-bond donors (Lipinski definition) is 2. The number of carbonyl (C=O) groups excluding carboxylic acids is 1. The van der Waals surface area contributed by atoms with Gasteiger partial charge in [0.1, 0.15) is 23.0 Å². The second-order valence-electron chi connectivity index (χ2n) is 8.64. The molecule has 2 aliphatic rings. The van der Waals surface area contributed by atoms with Gasteiger partial charge >= 0.3 is 0 Å². The summed E-state index contributed by atoms with van der Waals surface area (Å²) in [5.74, 6) is -1.76. The quantitative estimate of drug-likeness (QED) is 0.554. The number of nitrogens with zero attached hydrogens (tertiary/aromatic N) is 3. The second-order valence-corrected chi connectivity index (χ2v) is 8.64. The number of hydrogen-bond acceptors (Lipinski definition) is 6. The minimum absolute atomic E-state index is 0.0181. The largest absolute Gasteiger partial charge is 0.483 e. The Kier molecular flexibility index (Phi) is 5.32. The van der Waals surface area contributed by atoms with E-state index in [0.29, 0.717) is 24.2 Å². The van der Waals surface area contributed by atoms with Gasteiger partial charge in [0.2, 0.25) is 0 Å². The topological polar surface area (TPSA) is 100 Å². The van der Waals surface area contributed by atoms with Gasteiger partial charge in [-0.15, -0.1) is 0 Å². The van der Waals surface area contributed by atoms with Crippen molar-refractivity contribution in [3.63, 3.8) is 0 Å². The minimum atomic E-state index is -0.837.